The van der Waals surface area contributed by atoms with Crippen LogP contribution in [0.1, 0.15) is 26.3 Å². The van der Waals surface area contributed by atoms with Gasteiger partial charge < -0.3 is 10.2 Å². The molecule has 0 bridgehead atoms. The summed E-state index contributed by atoms with van der Waals surface area (Å²) in [4.78, 5) is 42.8. The van der Waals surface area contributed by atoms with Gasteiger partial charge >= 0.3 is 0 Å². The largest absolute Gasteiger partial charge is 0.332 e. The molecular weight excluding hydrogens is 381 g/mol. The van der Waals surface area contributed by atoms with Crippen molar-refractivity contribution in [1.82, 2.24) is 9.88 Å². The highest BCUT2D eigenvalue weighted by atomic mass is 32.1. The smallest absolute Gasteiger partial charge is 0.254 e. The summed E-state index contributed by atoms with van der Waals surface area (Å²) in [5, 5.41) is 4.77. The summed E-state index contributed by atoms with van der Waals surface area (Å²) in [6, 6.07) is 11.4. The highest BCUT2D eigenvalue weighted by Crippen LogP contribution is 2.17. The van der Waals surface area contributed by atoms with E-state index < -0.39 is 23.4 Å². The number of nitrogens with zero attached hydrogens (tertiary/aromatic N) is 2. The van der Waals surface area contributed by atoms with Crippen molar-refractivity contribution in [2.45, 2.75) is 0 Å². The van der Waals surface area contributed by atoms with Crippen LogP contribution in [0.15, 0.2) is 60.1 Å². The number of rotatable bonds is 6. The number of ketones is 1. The molecule has 3 rings (SSSR count). The van der Waals surface area contributed by atoms with Gasteiger partial charge in [0.05, 0.1) is 12.1 Å². The molecule has 0 aliphatic heterocycles. The van der Waals surface area contributed by atoms with Crippen LogP contribution < -0.4 is 5.32 Å². The van der Waals surface area contributed by atoms with Gasteiger partial charge in [0, 0.05) is 29.8 Å². The number of anilines is 1. The molecule has 2 amide bonds. The molecule has 1 heterocycles. The van der Waals surface area contributed by atoms with E-state index in [2.05, 4.69) is 10.3 Å². The Bertz CT molecular complexity index is 1000. The van der Waals surface area contributed by atoms with Crippen LogP contribution in [-0.4, -0.2) is 41.1 Å². The van der Waals surface area contributed by atoms with Crippen molar-refractivity contribution in [3.8, 4) is 0 Å². The molecule has 0 radical (unpaired) electrons. The fourth-order valence-corrected chi connectivity index (χ4v) is 3.11. The van der Waals surface area contributed by atoms with E-state index in [1.165, 1.54) is 59.7 Å². The van der Waals surface area contributed by atoms with Crippen LogP contribution in [-0.2, 0) is 4.79 Å². The number of nitrogens with one attached hydrogen (secondary N) is 1. The Labute approximate surface area is 164 Å². The maximum Gasteiger partial charge on any atom is 0.254 e. The van der Waals surface area contributed by atoms with Crippen molar-refractivity contribution in [1.29, 1.82) is 0 Å². The van der Waals surface area contributed by atoms with Gasteiger partial charge in [-0.1, -0.05) is 18.2 Å². The van der Waals surface area contributed by atoms with Crippen LogP contribution in [0.3, 0.4) is 0 Å². The van der Waals surface area contributed by atoms with Crippen LogP contribution in [0.4, 0.5) is 9.52 Å². The first-order chi connectivity index (χ1) is 13.5. The molecule has 0 saturated carbocycles. The first kappa shape index (κ1) is 19.4. The number of carbonyl (C=O) groups is 3. The zero-order valence-corrected chi connectivity index (χ0v) is 15.7. The molecule has 1 aromatic heterocycles. The third-order valence-electron chi connectivity index (χ3n) is 3.91. The Balaban J connectivity index is 1.77. The molecule has 0 atom stereocenters. The number of benzene rings is 2. The molecule has 0 aliphatic carbocycles. The van der Waals surface area contributed by atoms with E-state index in [9.17, 15) is 18.8 Å². The Morgan fingerprint density at radius 3 is 2.39 bits per heavy atom. The van der Waals surface area contributed by atoms with Crippen LogP contribution >= 0.6 is 11.3 Å². The number of hydrogen-bond acceptors (Lipinski definition) is 5. The van der Waals surface area contributed by atoms with E-state index in [-0.39, 0.29) is 23.2 Å². The van der Waals surface area contributed by atoms with Gasteiger partial charge in [0.25, 0.3) is 5.91 Å². The molecular formula is C20H16FN3O3S. The van der Waals surface area contributed by atoms with Crippen molar-refractivity contribution in [2.75, 3.05) is 18.9 Å². The predicted octanol–water partition coefficient (Wildman–Crippen LogP) is 3.22. The quantitative estimate of drug-likeness (QED) is 0.648. The monoisotopic (exact) mass is 397 g/mol. The zero-order valence-electron chi connectivity index (χ0n) is 14.9. The van der Waals surface area contributed by atoms with Crippen LogP contribution in [0.25, 0.3) is 0 Å². The molecule has 142 valence electrons. The lowest BCUT2D eigenvalue weighted by molar-refractivity contribution is -0.116. The van der Waals surface area contributed by atoms with Gasteiger partial charge in [-0.3, -0.25) is 14.4 Å². The Kier molecular flexibility index (Phi) is 5.90. The van der Waals surface area contributed by atoms with Crippen molar-refractivity contribution >= 4 is 34.1 Å². The van der Waals surface area contributed by atoms with E-state index >= 15 is 0 Å². The van der Waals surface area contributed by atoms with Gasteiger partial charge in [0.1, 0.15) is 5.82 Å². The summed E-state index contributed by atoms with van der Waals surface area (Å²) >= 11 is 1.27. The molecule has 3 aromatic rings. The average Bonchev–Trinajstić information content (AvgIpc) is 3.20. The molecule has 6 nitrogen and oxygen atoms in total. The van der Waals surface area contributed by atoms with E-state index in [0.29, 0.717) is 5.13 Å². The normalized spacial score (nSPS) is 10.4. The van der Waals surface area contributed by atoms with E-state index in [4.69, 9.17) is 0 Å². The Morgan fingerprint density at radius 2 is 1.75 bits per heavy atom. The first-order valence-corrected chi connectivity index (χ1v) is 9.18. The number of aromatic nitrogens is 1. The van der Waals surface area contributed by atoms with Crippen LogP contribution in [0.2, 0.25) is 0 Å². The second-order valence-electron chi connectivity index (χ2n) is 5.93. The maximum absolute atomic E-state index is 13.1. The summed E-state index contributed by atoms with van der Waals surface area (Å²) in [5.41, 5.74) is 0.624. The Morgan fingerprint density at radius 1 is 1.07 bits per heavy atom. The number of likely N-dealkylation sites (N-methyl/N-ethyl adjacent to an activating group) is 1. The lowest BCUT2D eigenvalue weighted by Crippen LogP contribution is -2.35. The van der Waals surface area contributed by atoms with E-state index in [0.717, 1.165) is 0 Å². The lowest BCUT2D eigenvalue weighted by atomic mass is 9.97. The highest BCUT2D eigenvalue weighted by molar-refractivity contribution is 7.13. The van der Waals surface area contributed by atoms with Gasteiger partial charge in [-0.2, -0.15) is 0 Å². The summed E-state index contributed by atoms with van der Waals surface area (Å²) in [6.07, 6.45) is 1.56. The molecule has 8 heteroatoms. The zero-order chi connectivity index (χ0) is 20.1. The van der Waals surface area contributed by atoms with E-state index in [1.54, 1.807) is 23.7 Å². The van der Waals surface area contributed by atoms with Crippen LogP contribution in [0, 0.1) is 5.82 Å². The summed E-state index contributed by atoms with van der Waals surface area (Å²) in [6.45, 7) is -0.197. The van der Waals surface area contributed by atoms with Gasteiger partial charge in [0.2, 0.25) is 5.91 Å². The summed E-state index contributed by atoms with van der Waals surface area (Å²) < 4.78 is 13.1. The topological polar surface area (TPSA) is 79.4 Å². The lowest BCUT2D eigenvalue weighted by Gasteiger charge is -2.18. The van der Waals surface area contributed by atoms with Crippen molar-refractivity contribution in [2.24, 2.45) is 0 Å². The summed E-state index contributed by atoms with van der Waals surface area (Å²) in [7, 11) is 1.48. The number of carbonyl (C=O) groups excluding carboxylic acids is 3. The number of hydrogen-bond donors (Lipinski definition) is 1. The number of amides is 2. The molecule has 28 heavy (non-hydrogen) atoms. The average molecular weight is 397 g/mol. The van der Waals surface area contributed by atoms with E-state index in [1.807, 2.05) is 0 Å². The third kappa shape index (κ3) is 4.47. The maximum atomic E-state index is 13.1. The minimum absolute atomic E-state index is 0.168. The van der Waals surface area contributed by atoms with Crippen LogP contribution in [0.5, 0.6) is 0 Å². The molecule has 0 saturated heterocycles. The standard InChI is InChI=1S/C20H16FN3O3S/c1-24(12-17(25)23-20-22-10-11-28-20)19(27)16-5-3-2-4-15(16)18(26)13-6-8-14(21)9-7-13/h2-11H,12H2,1H3,(H,22,23,25). The van der Waals surface area contributed by atoms with Gasteiger partial charge in [-0.25, -0.2) is 9.37 Å². The molecule has 2 aromatic carbocycles. The Hall–Kier alpha value is -3.39. The minimum Gasteiger partial charge on any atom is -0.332 e. The SMILES string of the molecule is CN(CC(=O)Nc1nccs1)C(=O)c1ccccc1C(=O)c1ccc(F)cc1. The summed E-state index contributed by atoms with van der Waals surface area (Å²) in [5.74, 6) is -1.72. The number of thiazole rings is 1. The fraction of sp³-hybridized carbons (Fsp3) is 0.100. The van der Waals surface area contributed by atoms with Crippen molar-refractivity contribution < 1.29 is 18.8 Å². The third-order valence-corrected chi connectivity index (χ3v) is 4.60. The van der Waals surface area contributed by atoms with Gasteiger partial charge in [0.15, 0.2) is 10.9 Å². The van der Waals surface area contributed by atoms with Crippen molar-refractivity contribution in [3.05, 3.63) is 82.6 Å². The van der Waals surface area contributed by atoms with Gasteiger partial charge in [-0.05, 0) is 30.3 Å². The second-order valence-corrected chi connectivity index (χ2v) is 6.82. The molecule has 0 unspecified atom stereocenters. The predicted molar refractivity (Wildman–Crippen MR) is 104 cm³/mol. The second kappa shape index (κ2) is 8.53. The molecule has 0 aliphatic rings. The number of halogens is 1. The molecule has 0 spiro atoms. The molecule has 1 N–H and O–H groups in total. The molecule has 0 fully saturated rings. The first-order valence-electron chi connectivity index (χ1n) is 8.30. The highest BCUT2D eigenvalue weighted by Gasteiger charge is 2.22. The minimum atomic E-state index is -0.472. The van der Waals surface area contributed by atoms with Gasteiger partial charge in [-0.15, -0.1) is 11.3 Å². The van der Waals surface area contributed by atoms with Crippen molar-refractivity contribution in [3.63, 3.8) is 0 Å². The fourth-order valence-electron chi connectivity index (χ4n) is 2.56.